The number of halogens is 1. The number of pyridine rings is 1. The van der Waals surface area contributed by atoms with Gasteiger partial charge in [0.1, 0.15) is 11.9 Å². The van der Waals surface area contributed by atoms with Crippen molar-refractivity contribution in [3.63, 3.8) is 0 Å². The number of nitrogens with zero attached hydrogens (tertiary/aromatic N) is 2. The Balaban J connectivity index is 2.33. The number of ether oxygens (including phenoxy) is 1. The summed E-state index contributed by atoms with van der Waals surface area (Å²) in [6.45, 7) is 0. The summed E-state index contributed by atoms with van der Waals surface area (Å²) in [5.74, 6) is 0.0210. The maximum Gasteiger partial charge on any atom is 0.338 e. The van der Waals surface area contributed by atoms with E-state index in [0.29, 0.717) is 22.6 Å². The van der Waals surface area contributed by atoms with Crippen LogP contribution in [0.5, 0.6) is 0 Å². The molecule has 1 aromatic heterocycles. The average molecular weight is 332 g/mol. The summed E-state index contributed by atoms with van der Waals surface area (Å²) in [6, 6.07) is 10.5. The molecule has 0 saturated carbocycles. The van der Waals surface area contributed by atoms with Gasteiger partial charge in [0, 0.05) is 10.7 Å². The molecule has 6 heteroatoms. The molecule has 0 amide bonds. The highest BCUT2D eigenvalue weighted by atomic mass is 79.9. The second kappa shape index (κ2) is 6.17. The number of carbonyl (C=O) groups is 1. The maximum absolute atomic E-state index is 11.5. The van der Waals surface area contributed by atoms with Crippen molar-refractivity contribution in [2.75, 3.05) is 12.4 Å². The Morgan fingerprint density at radius 3 is 2.90 bits per heavy atom. The molecule has 1 aromatic carbocycles. The zero-order valence-corrected chi connectivity index (χ0v) is 12.1. The number of esters is 1. The molecular weight excluding hydrogens is 322 g/mol. The molecule has 2 rings (SSSR count). The van der Waals surface area contributed by atoms with Crippen LogP contribution in [0.25, 0.3) is 0 Å². The monoisotopic (exact) mass is 331 g/mol. The van der Waals surface area contributed by atoms with Crippen molar-refractivity contribution in [1.29, 1.82) is 5.26 Å². The van der Waals surface area contributed by atoms with Crippen LogP contribution in [0.4, 0.5) is 11.5 Å². The van der Waals surface area contributed by atoms with Gasteiger partial charge in [0.2, 0.25) is 0 Å². The molecule has 0 bridgehead atoms. The molecule has 0 aliphatic rings. The lowest BCUT2D eigenvalue weighted by atomic mass is 10.2. The van der Waals surface area contributed by atoms with Gasteiger partial charge in [0.05, 0.1) is 23.9 Å². The quantitative estimate of drug-likeness (QED) is 0.874. The molecule has 0 aliphatic heterocycles. The molecule has 2 aromatic rings. The molecule has 1 N–H and O–H groups in total. The number of carbonyl (C=O) groups excluding carboxylic acids is 1. The molecule has 0 spiro atoms. The van der Waals surface area contributed by atoms with E-state index in [1.807, 2.05) is 0 Å². The van der Waals surface area contributed by atoms with Gasteiger partial charge >= 0.3 is 5.97 Å². The van der Waals surface area contributed by atoms with E-state index >= 15 is 0 Å². The Bertz CT molecular complexity index is 695. The minimum Gasteiger partial charge on any atom is -0.465 e. The lowest BCUT2D eigenvalue weighted by Crippen LogP contribution is -2.03. The number of nitrogens with one attached hydrogen (secondary N) is 1. The van der Waals surface area contributed by atoms with E-state index in [1.165, 1.54) is 13.3 Å². The van der Waals surface area contributed by atoms with E-state index in [1.54, 1.807) is 30.3 Å². The standard InChI is InChI=1S/C14H10BrN3O2/c1-20-14(19)9-4-5-17-13(6-9)18-12-7-11(15)3-2-10(12)8-16/h2-7H,1H3,(H,17,18). The second-order valence-electron chi connectivity index (χ2n) is 3.85. The van der Waals surface area contributed by atoms with E-state index < -0.39 is 5.97 Å². The van der Waals surface area contributed by atoms with Crippen LogP contribution in [0.1, 0.15) is 15.9 Å². The van der Waals surface area contributed by atoms with Crippen LogP contribution < -0.4 is 5.32 Å². The van der Waals surface area contributed by atoms with Crippen LogP contribution in [-0.2, 0) is 4.74 Å². The molecule has 20 heavy (non-hydrogen) atoms. The summed E-state index contributed by atoms with van der Waals surface area (Å²) >= 11 is 3.34. The Morgan fingerprint density at radius 1 is 1.40 bits per heavy atom. The lowest BCUT2D eigenvalue weighted by molar-refractivity contribution is 0.0600. The lowest BCUT2D eigenvalue weighted by Gasteiger charge is -2.08. The highest BCUT2D eigenvalue weighted by molar-refractivity contribution is 9.10. The van der Waals surface area contributed by atoms with Gasteiger partial charge in [-0.05, 0) is 30.3 Å². The Hall–Kier alpha value is -2.39. The number of hydrogen-bond acceptors (Lipinski definition) is 5. The summed E-state index contributed by atoms with van der Waals surface area (Å²) in [5, 5.41) is 12.1. The fraction of sp³-hybridized carbons (Fsp3) is 0.0714. The molecule has 0 saturated heterocycles. The fourth-order valence-electron chi connectivity index (χ4n) is 1.60. The molecule has 0 radical (unpaired) electrons. The van der Waals surface area contributed by atoms with E-state index in [0.717, 1.165) is 4.47 Å². The van der Waals surface area contributed by atoms with Crippen LogP contribution in [0.15, 0.2) is 41.0 Å². The fourth-order valence-corrected chi connectivity index (χ4v) is 1.96. The van der Waals surface area contributed by atoms with Gasteiger partial charge in [-0.25, -0.2) is 9.78 Å². The number of methoxy groups -OCH3 is 1. The van der Waals surface area contributed by atoms with E-state index in [-0.39, 0.29) is 0 Å². The zero-order valence-electron chi connectivity index (χ0n) is 10.6. The van der Waals surface area contributed by atoms with Gasteiger partial charge in [-0.1, -0.05) is 15.9 Å². The van der Waals surface area contributed by atoms with Crippen molar-refractivity contribution >= 4 is 33.4 Å². The number of benzene rings is 1. The van der Waals surface area contributed by atoms with Crippen LogP contribution in [-0.4, -0.2) is 18.1 Å². The Labute approximate surface area is 124 Å². The van der Waals surface area contributed by atoms with Crippen molar-refractivity contribution in [2.45, 2.75) is 0 Å². The summed E-state index contributed by atoms with van der Waals surface area (Å²) < 4.78 is 5.49. The number of anilines is 2. The van der Waals surface area contributed by atoms with Crippen molar-refractivity contribution in [3.8, 4) is 6.07 Å². The third kappa shape index (κ3) is 3.13. The number of nitriles is 1. The van der Waals surface area contributed by atoms with Crippen molar-refractivity contribution in [1.82, 2.24) is 4.98 Å². The van der Waals surface area contributed by atoms with Crippen molar-refractivity contribution in [2.24, 2.45) is 0 Å². The first kappa shape index (κ1) is 14.0. The Kier molecular flexibility index (Phi) is 4.33. The highest BCUT2D eigenvalue weighted by Crippen LogP contribution is 2.24. The normalized spacial score (nSPS) is 9.65. The van der Waals surface area contributed by atoms with Crippen LogP contribution >= 0.6 is 15.9 Å². The van der Waals surface area contributed by atoms with Crippen LogP contribution in [0.3, 0.4) is 0 Å². The first-order valence-corrected chi connectivity index (χ1v) is 6.44. The molecule has 0 atom stereocenters. The third-order valence-corrected chi connectivity index (χ3v) is 3.04. The van der Waals surface area contributed by atoms with Crippen LogP contribution in [0, 0.1) is 11.3 Å². The van der Waals surface area contributed by atoms with Gasteiger partial charge < -0.3 is 10.1 Å². The third-order valence-electron chi connectivity index (χ3n) is 2.55. The minimum atomic E-state index is -0.440. The molecule has 100 valence electrons. The first-order valence-electron chi connectivity index (χ1n) is 5.65. The first-order chi connectivity index (χ1) is 9.63. The number of rotatable bonds is 3. The molecule has 5 nitrogen and oxygen atoms in total. The predicted octanol–water partition coefficient (Wildman–Crippen LogP) is 3.25. The molecule has 0 fully saturated rings. The van der Waals surface area contributed by atoms with E-state index in [9.17, 15) is 4.79 Å². The average Bonchev–Trinajstić information content (AvgIpc) is 2.47. The minimum absolute atomic E-state index is 0.388. The maximum atomic E-state index is 11.5. The smallest absolute Gasteiger partial charge is 0.338 e. The van der Waals surface area contributed by atoms with E-state index in [4.69, 9.17) is 5.26 Å². The predicted molar refractivity (Wildman–Crippen MR) is 77.7 cm³/mol. The summed E-state index contributed by atoms with van der Waals surface area (Å²) in [5.41, 5.74) is 1.48. The summed E-state index contributed by atoms with van der Waals surface area (Å²) in [7, 11) is 1.32. The summed E-state index contributed by atoms with van der Waals surface area (Å²) in [6.07, 6.45) is 1.50. The van der Waals surface area contributed by atoms with Crippen molar-refractivity contribution < 1.29 is 9.53 Å². The summed E-state index contributed by atoms with van der Waals surface area (Å²) in [4.78, 5) is 15.6. The SMILES string of the molecule is COC(=O)c1ccnc(Nc2cc(Br)ccc2C#N)c1. The zero-order chi connectivity index (χ0) is 14.5. The van der Waals surface area contributed by atoms with E-state index in [2.05, 4.69) is 37.0 Å². The van der Waals surface area contributed by atoms with Gasteiger partial charge in [-0.2, -0.15) is 5.26 Å². The van der Waals surface area contributed by atoms with Crippen LogP contribution in [0.2, 0.25) is 0 Å². The second-order valence-corrected chi connectivity index (χ2v) is 4.76. The van der Waals surface area contributed by atoms with Gasteiger partial charge in [0.15, 0.2) is 0 Å². The van der Waals surface area contributed by atoms with Gasteiger partial charge in [0.25, 0.3) is 0 Å². The van der Waals surface area contributed by atoms with Gasteiger partial charge in [-0.15, -0.1) is 0 Å². The Morgan fingerprint density at radius 2 is 2.20 bits per heavy atom. The number of hydrogen-bond donors (Lipinski definition) is 1. The highest BCUT2D eigenvalue weighted by Gasteiger charge is 2.08. The molecular formula is C14H10BrN3O2. The van der Waals surface area contributed by atoms with Gasteiger partial charge in [-0.3, -0.25) is 0 Å². The largest absolute Gasteiger partial charge is 0.465 e. The molecule has 0 aliphatic carbocycles. The van der Waals surface area contributed by atoms with Crippen molar-refractivity contribution in [3.05, 3.63) is 52.1 Å². The molecule has 0 unspecified atom stereocenters. The topological polar surface area (TPSA) is 75.0 Å². The number of aromatic nitrogens is 1. The molecule has 1 heterocycles.